The molecule has 126 valence electrons. The molecule has 2 amide bonds. The largest absolute Gasteiger partial charge is 0.445 e. The summed E-state index contributed by atoms with van der Waals surface area (Å²) in [5.74, 6) is 0.405. The van der Waals surface area contributed by atoms with Crippen LogP contribution in [0.1, 0.15) is 24.0 Å². The second-order valence-electron chi connectivity index (χ2n) is 5.36. The number of benzene rings is 1. The van der Waals surface area contributed by atoms with Crippen molar-refractivity contribution in [3.05, 3.63) is 59.8 Å². The number of pyridine rings is 1. The van der Waals surface area contributed by atoms with E-state index < -0.39 is 6.09 Å². The van der Waals surface area contributed by atoms with Gasteiger partial charge in [-0.25, -0.2) is 9.78 Å². The van der Waals surface area contributed by atoms with Crippen LogP contribution in [-0.2, 0) is 16.1 Å². The summed E-state index contributed by atoms with van der Waals surface area (Å²) in [6.45, 7) is 2.54. The van der Waals surface area contributed by atoms with Gasteiger partial charge in [-0.1, -0.05) is 30.3 Å². The predicted octanol–water partition coefficient (Wildman–Crippen LogP) is 3.04. The van der Waals surface area contributed by atoms with Crippen LogP contribution in [-0.4, -0.2) is 23.5 Å². The maximum atomic E-state index is 11.8. The number of ether oxygens (including phenoxy) is 1. The highest BCUT2D eigenvalue weighted by Gasteiger charge is 2.05. The third-order valence-electron chi connectivity index (χ3n) is 3.25. The molecule has 0 atom stereocenters. The van der Waals surface area contributed by atoms with Gasteiger partial charge in [-0.3, -0.25) is 4.79 Å². The van der Waals surface area contributed by atoms with Crippen LogP contribution in [0.4, 0.5) is 10.6 Å². The number of anilines is 1. The fourth-order valence-corrected chi connectivity index (χ4v) is 2.02. The fourth-order valence-electron chi connectivity index (χ4n) is 2.02. The van der Waals surface area contributed by atoms with Crippen molar-refractivity contribution >= 4 is 17.8 Å². The van der Waals surface area contributed by atoms with E-state index in [1.165, 1.54) is 0 Å². The number of carbonyl (C=O) groups is 2. The Morgan fingerprint density at radius 1 is 1.17 bits per heavy atom. The highest BCUT2D eigenvalue weighted by molar-refractivity contribution is 5.89. The number of nitrogens with zero attached hydrogens (tertiary/aromatic N) is 1. The summed E-state index contributed by atoms with van der Waals surface area (Å²) in [6.07, 6.45) is 1.99. The van der Waals surface area contributed by atoms with Crippen LogP contribution < -0.4 is 10.6 Å². The number of nitrogens with one attached hydrogen (secondary N) is 2. The average molecular weight is 327 g/mol. The standard InChI is InChI=1S/C18H21N3O3/c1-14-9-11-19-16(12-14)21-17(22)8-5-10-20-18(23)24-13-15-6-3-2-4-7-15/h2-4,6-7,9,11-12H,5,8,10,13H2,1H3,(H,20,23)(H,19,21,22). The minimum Gasteiger partial charge on any atom is -0.445 e. The zero-order valence-electron chi connectivity index (χ0n) is 13.6. The van der Waals surface area contributed by atoms with E-state index in [-0.39, 0.29) is 12.5 Å². The van der Waals surface area contributed by atoms with Gasteiger partial charge in [0.25, 0.3) is 0 Å². The molecule has 0 saturated heterocycles. The number of hydrogen-bond acceptors (Lipinski definition) is 4. The van der Waals surface area contributed by atoms with Crippen molar-refractivity contribution in [2.75, 3.05) is 11.9 Å². The van der Waals surface area contributed by atoms with Crippen LogP contribution in [0.5, 0.6) is 0 Å². The Labute approximate surface area is 141 Å². The quantitative estimate of drug-likeness (QED) is 0.766. The first-order valence-corrected chi connectivity index (χ1v) is 7.80. The number of hydrogen-bond donors (Lipinski definition) is 2. The summed E-state index contributed by atoms with van der Waals surface area (Å²) in [6, 6.07) is 13.1. The molecular weight excluding hydrogens is 306 g/mol. The van der Waals surface area contributed by atoms with Crippen molar-refractivity contribution in [1.29, 1.82) is 0 Å². The zero-order chi connectivity index (χ0) is 17.2. The number of rotatable bonds is 7. The zero-order valence-corrected chi connectivity index (χ0v) is 13.6. The Bertz CT molecular complexity index is 674. The van der Waals surface area contributed by atoms with Gasteiger partial charge in [0.05, 0.1) is 0 Å². The number of aryl methyl sites for hydroxylation is 1. The van der Waals surface area contributed by atoms with E-state index in [0.717, 1.165) is 11.1 Å². The van der Waals surface area contributed by atoms with Crippen LogP contribution in [0.25, 0.3) is 0 Å². The highest BCUT2D eigenvalue weighted by atomic mass is 16.5. The van der Waals surface area contributed by atoms with Gasteiger partial charge in [-0.2, -0.15) is 0 Å². The minimum atomic E-state index is -0.486. The lowest BCUT2D eigenvalue weighted by Crippen LogP contribution is -2.26. The molecule has 0 aliphatic carbocycles. The molecule has 1 aromatic carbocycles. The first-order chi connectivity index (χ1) is 11.6. The number of amides is 2. The Hall–Kier alpha value is -2.89. The smallest absolute Gasteiger partial charge is 0.407 e. The van der Waals surface area contributed by atoms with E-state index in [0.29, 0.717) is 25.2 Å². The maximum absolute atomic E-state index is 11.8. The lowest BCUT2D eigenvalue weighted by molar-refractivity contribution is -0.116. The molecule has 0 fully saturated rings. The van der Waals surface area contributed by atoms with Gasteiger partial charge < -0.3 is 15.4 Å². The molecule has 24 heavy (non-hydrogen) atoms. The lowest BCUT2D eigenvalue weighted by atomic mass is 10.2. The van der Waals surface area contributed by atoms with Gasteiger partial charge in [-0.15, -0.1) is 0 Å². The van der Waals surface area contributed by atoms with Gasteiger partial charge in [-0.05, 0) is 36.6 Å². The molecule has 0 spiro atoms. The summed E-state index contributed by atoms with van der Waals surface area (Å²) in [4.78, 5) is 27.4. The Morgan fingerprint density at radius 3 is 2.71 bits per heavy atom. The first-order valence-electron chi connectivity index (χ1n) is 7.80. The van der Waals surface area contributed by atoms with Crippen LogP contribution >= 0.6 is 0 Å². The summed E-state index contributed by atoms with van der Waals surface area (Å²) in [7, 11) is 0. The molecule has 2 aromatic rings. The van der Waals surface area contributed by atoms with E-state index in [2.05, 4.69) is 15.6 Å². The molecule has 0 aliphatic rings. The van der Waals surface area contributed by atoms with E-state index in [1.54, 1.807) is 12.3 Å². The molecule has 0 radical (unpaired) electrons. The summed E-state index contributed by atoms with van der Waals surface area (Å²) < 4.78 is 5.08. The molecule has 2 rings (SSSR count). The normalized spacial score (nSPS) is 10.0. The van der Waals surface area contributed by atoms with Crippen molar-refractivity contribution in [3.8, 4) is 0 Å². The Kier molecular flexibility index (Phi) is 6.76. The monoisotopic (exact) mass is 327 g/mol. The summed E-state index contributed by atoms with van der Waals surface area (Å²) >= 11 is 0. The lowest BCUT2D eigenvalue weighted by Gasteiger charge is -2.07. The van der Waals surface area contributed by atoms with E-state index in [1.807, 2.05) is 43.3 Å². The van der Waals surface area contributed by atoms with Crippen molar-refractivity contribution in [2.24, 2.45) is 0 Å². The molecule has 1 aromatic heterocycles. The second-order valence-corrected chi connectivity index (χ2v) is 5.36. The van der Waals surface area contributed by atoms with Gasteiger partial charge in [0.2, 0.25) is 5.91 Å². The second kappa shape index (κ2) is 9.29. The van der Waals surface area contributed by atoms with Crippen molar-refractivity contribution in [1.82, 2.24) is 10.3 Å². The molecule has 0 bridgehead atoms. The molecular formula is C18H21N3O3. The average Bonchev–Trinajstić information content (AvgIpc) is 2.58. The molecule has 0 unspecified atom stereocenters. The number of alkyl carbamates (subject to hydrolysis) is 1. The number of carbonyl (C=O) groups excluding carboxylic acids is 2. The fraction of sp³-hybridized carbons (Fsp3) is 0.278. The first kappa shape index (κ1) is 17.5. The molecule has 2 N–H and O–H groups in total. The van der Waals surface area contributed by atoms with Gasteiger partial charge >= 0.3 is 6.09 Å². The van der Waals surface area contributed by atoms with Crippen LogP contribution in [0.3, 0.4) is 0 Å². The Balaban J connectivity index is 1.58. The third-order valence-corrected chi connectivity index (χ3v) is 3.25. The van der Waals surface area contributed by atoms with Crippen molar-refractivity contribution in [2.45, 2.75) is 26.4 Å². The molecule has 1 heterocycles. The molecule has 6 heteroatoms. The van der Waals surface area contributed by atoms with E-state index >= 15 is 0 Å². The van der Waals surface area contributed by atoms with Crippen LogP contribution in [0.15, 0.2) is 48.7 Å². The van der Waals surface area contributed by atoms with E-state index in [9.17, 15) is 9.59 Å². The topological polar surface area (TPSA) is 80.3 Å². The van der Waals surface area contributed by atoms with Crippen LogP contribution in [0.2, 0.25) is 0 Å². The Morgan fingerprint density at radius 2 is 1.96 bits per heavy atom. The highest BCUT2D eigenvalue weighted by Crippen LogP contribution is 2.06. The van der Waals surface area contributed by atoms with Crippen molar-refractivity contribution in [3.63, 3.8) is 0 Å². The summed E-state index contributed by atoms with van der Waals surface area (Å²) in [5.41, 5.74) is 1.96. The SMILES string of the molecule is Cc1ccnc(NC(=O)CCCNC(=O)OCc2ccccc2)c1. The van der Waals surface area contributed by atoms with Gasteiger partial charge in [0.1, 0.15) is 12.4 Å². The van der Waals surface area contributed by atoms with Crippen LogP contribution in [0, 0.1) is 6.92 Å². The third kappa shape index (κ3) is 6.48. The molecule has 6 nitrogen and oxygen atoms in total. The van der Waals surface area contributed by atoms with Gasteiger partial charge in [0.15, 0.2) is 0 Å². The van der Waals surface area contributed by atoms with Crippen molar-refractivity contribution < 1.29 is 14.3 Å². The molecule has 0 aliphatic heterocycles. The minimum absolute atomic E-state index is 0.132. The molecule has 0 saturated carbocycles. The predicted molar refractivity (Wildman–Crippen MR) is 91.5 cm³/mol. The van der Waals surface area contributed by atoms with Gasteiger partial charge in [0, 0.05) is 19.2 Å². The number of aromatic nitrogens is 1. The maximum Gasteiger partial charge on any atom is 0.407 e. The van der Waals surface area contributed by atoms with E-state index in [4.69, 9.17) is 4.74 Å². The summed E-state index contributed by atoms with van der Waals surface area (Å²) in [5, 5.41) is 5.35.